The van der Waals surface area contributed by atoms with Crippen molar-refractivity contribution < 1.29 is 4.74 Å². The summed E-state index contributed by atoms with van der Waals surface area (Å²) in [6.07, 6.45) is 0.399. The first-order valence-electron chi connectivity index (χ1n) is 5.70. The number of nitrogens with zero attached hydrogens (tertiary/aromatic N) is 2. The summed E-state index contributed by atoms with van der Waals surface area (Å²) in [5, 5.41) is 9.44. The number of ether oxygens (including phenoxy) is 1. The Morgan fingerprint density at radius 1 is 1.35 bits per heavy atom. The predicted molar refractivity (Wildman–Crippen MR) is 68.4 cm³/mol. The van der Waals surface area contributed by atoms with E-state index in [0.717, 1.165) is 18.8 Å². The molecule has 0 unspecified atom stereocenters. The van der Waals surface area contributed by atoms with Crippen molar-refractivity contribution in [2.24, 2.45) is 0 Å². The number of halogens is 1. The van der Waals surface area contributed by atoms with Crippen LogP contribution in [0.4, 0.5) is 5.69 Å². The largest absolute Gasteiger partial charge is 0.372 e. The van der Waals surface area contributed by atoms with E-state index in [1.807, 2.05) is 6.07 Å². The fraction of sp³-hybridized carbons (Fsp3) is 0.462. The molecule has 1 fully saturated rings. The molecule has 0 amide bonds. The molecule has 1 saturated heterocycles. The molecule has 3 nitrogen and oxygen atoms in total. The van der Waals surface area contributed by atoms with Crippen LogP contribution in [0, 0.1) is 11.3 Å². The molecule has 17 heavy (non-hydrogen) atoms. The molecule has 0 aromatic heterocycles. The zero-order chi connectivity index (χ0) is 12.4. The van der Waals surface area contributed by atoms with E-state index >= 15 is 0 Å². The van der Waals surface area contributed by atoms with E-state index in [2.05, 4.69) is 24.8 Å². The molecule has 0 aliphatic carbocycles. The Labute approximate surface area is 107 Å². The van der Waals surface area contributed by atoms with Crippen LogP contribution >= 0.6 is 11.6 Å². The number of nitriles is 1. The van der Waals surface area contributed by atoms with Crippen molar-refractivity contribution in [3.05, 3.63) is 28.8 Å². The minimum absolute atomic E-state index is 0.200. The molecule has 2 atom stereocenters. The highest BCUT2D eigenvalue weighted by molar-refractivity contribution is 6.33. The molecule has 1 aromatic carbocycles. The molecule has 2 rings (SSSR count). The summed E-state index contributed by atoms with van der Waals surface area (Å²) in [7, 11) is 0. The van der Waals surface area contributed by atoms with Crippen molar-refractivity contribution in [2.45, 2.75) is 26.1 Å². The topological polar surface area (TPSA) is 36.3 Å². The number of hydrogen-bond acceptors (Lipinski definition) is 3. The summed E-state index contributed by atoms with van der Waals surface area (Å²) in [6, 6.07) is 7.50. The second kappa shape index (κ2) is 4.95. The molecule has 1 aromatic rings. The van der Waals surface area contributed by atoms with Crippen LogP contribution < -0.4 is 4.90 Å². The lowest BCUT2D eigenvalue weighted by atomic mass is 10.1. The summed E-state index contributed by atoms with van der Waals surface area (Å²) in [5.41, 5.74) is 1.57. The van der Waals surface area contributed by atoms with Crippen LogP contribution in [0.5, 0.6) is 0 Å². The van der Waals surface area contributed by atoms with Crippen molar-refractivity contribution in [3.63, 3.8) is 0 Å². The highest BCUT2D eigenvalue weighted by atomic mass is 35.5. The Morgan fingerprint density at radius 3 is 2.53 bits per heavy atom. The van der Waals surface area contributed by atoms with E-state index in [4.69, 9.17) is 21.6 Å². The maximum Gasteiger partial charge on any atom is 0.0992 e. The lowest BCUT2D eigenvalue weighted by molar-refractivity contribution is -0.00520. The van der Waals surface area contributed by atoms with Crippen LogP contribution in [0.25, 0.3) is 0 Å². The first kappa shape index (κ1) is 12.2. The third-order valence-corrected chi connectivity index (χ3v) is 3.14. The van der Waals surface area contributed by atoms with Gasteiger partial charge >= 0.3 is 0 Å². The average molecular weight is 251 g/mol. The zero-order valence-corrected chi connectivity index (χ0v) is 10.7. The first-order chi connectivity index (χ1) is 8.10. The van der Waals surface area contributed by atoms with E-state index in [9.17, 15) is 0 Å². The van der Waals surface area contributed by atoms with Gasteiger partial charge in [-0.3, -0.25) is 0 Å². The van der Waals surface area contributed by atoms with Crippen molar-refractivity contribution in [2.75, 3.05) is 18.0 Å². The van der Waals surface area contributed by atoms with Crippen LogP contribution in [-0.2, 0) is 4.74 Å². The smallest absolute Gasteiger partial charge is 0.0992 e. The van der Waals surface area contributed by atoms with Gasteiger partial charge in [0.05, 0.1) is 34.6 Å². The lowest BCUT2D eigenvalue weighted by Gasteiger charge is -2.37. The van der Waals surface area contributed by atoms with Gasteiger partial charge in [-0.15, -0.1) is 0 Å². The molecule has 0 saturated carbocycles. The van der Waals surface area contributed by atoms with Crippen molar-refractivity contribution >= 4 is 17.3 Å². The van der Waals surface area contributed by atoms with Gasteiger partial charge in [0.25, 0.3) is 0 Å². The molecule has 0 spiro atoms. The van der Waals surface area contributed by atoms with Gasteiger partial charge in [-0.2, -0.15) is 5.26 Å². The molecular formula is C13H15ClN2O. The maximum atomic E-state index is 8.81. The molecule has 0 bridgehead atoms. The van der Waals surface area contributed by atoms with Gasteiger partial charge in [0.2, 0.25) is 0 Å². The number of anilines is 1. The summed E-state index contributed by atoms with van der Waals surface area (Å²) in [6.45, 7) is 5.77. The first-order valence-corrected chi connectivity index (χ1v) is 6.08. The van der Waals surface area contributed by atoms with E-state index in [0.29, 0.717) is 10.6 Å². The predicted octanol–water partition coefficient (Wildman–Crippen LogP) is 2.83. The van der Waals surface area contributed by atoms with Crippen LogP contribution in [0.2, 0.25) is 5.02 Å². The van der Waals surface area contributed by atoms with Gasteiger partial charge in [0, 0.05) is 13.1 Å². The quantitative estimate of drug-likeness (QED) is 0.769. The maximum absolute atomic E-state index is 8.81. The van der Waals surface area contributed by atoms with Crippen LogP contribution in [-0.4, -0.2) is 25.3 Å². The van der Waals surface area contributed by atoms with Gasteiger partial charge in [-0.05, 0) is 32.0 Å². The number of morpholine rings is 1. The second-order valence-electron chi connectivity index (χ2n) is 4.44. The van der Waals surface area contributed by atoms with Gasteiger partial charge in [-0.1, -0.05) is 11.6 Å². The summed E-state index contributed by atoms with van der Waals surface area (Å²) in [4.78, 5) is 2.21. The van der Waals surface area contributed by atoms with E-state index in [1.54, 1.807) is 12.1 Å². The number of rotatable bonds is 1. The minimum atomic E-state index is 0.200. The number of hydrogen-bond donors (Lipinski definition) is 0. The summed E-state index contributed by atoms with van der Waals surface area (Å²) >= 11 is 6.20. The van der Waals surface area contributed by atoms with Crippen molar-refractivity contribution in [3.8, 4) is 6.07 Å². The molecular weight excluding hydrogens is 236 g/mol. The molecule has 0 radical (unpaired) electrons. The van der Waals surface area contributed by atoms with E-state index in [1.165, 1.54) is 0 Å². The molecule has 1 aliphatic rings. The molecule has 1 heterocycles. The van der Waals surface area contributed by atoms with Crippen LogP contribution in [0.15, 0.2) is 18.2 Å². The third-order valence-electron chi connectivity index (χ3n) is 2.84. The van der Waals surface area contributed by atoms with Gasteiger partial charge in [-0.25, -0.2) is 0 Å². The zero-order valence-electron chi connectivity index (χ0n) is 9.98. The third kappa shape index (κ3) is 2.71. The Morgan fingerprint density at radius 2 is 2.00 bits per heavy atom. The SMILES string of the molecule is C[C@@H]1CN(c2ccc(C#N)cc2Cl)C[C@H](C)O1. The van der Waals surface area contributed by atoms with Crippen LogP contribution in [0.3, 0.4) is 0 Å². The lowest BCUT2D eigenvalue weighted by Crippen LogP contribution is -2.45. The van der Waals surface area contributed by atoms with Gasteiger partial charge in [0.15, 0.2) is 0 Å². The Kier molecular flexibility index (Phi) is 3.56. The summed E-state index contributed by atoms with van der Waals surface area (Å²) < 4.78 is 5.69. The fourth-order valence-electron chi connectivity index (χ4n) is 2.21. The van der Waals surface area contributed by atoms with E-state index < -0.39 is 0 Å². The molecule has 4 heteroatoms. The number of benzene rings is 1. The van der Waals surface area contributed by atoms with Crippen LogP contribution in [0.1, 0.15) is 19.4 Å². The van der Waals surface area contributed by atoms with Crippen molar-refractivity contribution in [1.82, 2.24) is 0 Å². The van der Waals surface area contributed by atoms with Crippen molar-refractivity contribution in [1.29, 1.82) is 5.26 Å². The monoisotopic (exact) mass is 250 g/mol. The molecule has 1 aliphatic heterocycles. The molecule has 0 N–H and O–H groups in total. The second-order valence-corrected chi connectivity index (χ2v) is 4.85. The minimum Gasteiger partial charge on any atom is -0.372 e. The Hall–Kier alpha value is -1.24. The Balaban J connectivity index is 2.25. The highest BCUT2D eigenvalue weighted by Gasteiger charge is 2.23. The molecule has 90 valence electrons. The highest BCUT2D eigenvalue weighted by Crippen LogP contribution is 2.29. The van der Waals surface area contributed by atoms with Gasteiger partial charge in [0.1, 0.15) is 0 Å². The standard InChI is InChI=1S/C13H15ClN2O/c1-9-7-16(8-10(2)17-9)13-4-3-11(6-15)5-12(13)14/h3-5,9-10H,7-8H2,1-2H3/t9-,10+. The Bertz CT molecular complexity index is 445. The summed E-state index contributed by atoms with van der Waals surface area (Å²) in [5.74, 6) is 0. The normalized spacial score (nSPS) is 24.5. The average Bonchev–Trinajstić information content (AvgIpc) is 2.27. The van der Waals surface area contributed by atoms with Gasteiger partial charge < -0.3 is 9.64 Å². The van der Waals surface area contributed by atoms with E-state index in [-0.39, 0.29) is 12.2 Å². The fourth-order valence-corrected chi connectivity index (χ4v) is 2.51.